The Labute approximate surface area is 124 Å². The van der Waals surface area contributed by atoms with Crippen LogP contribution >= 0.6 is 0 Å². The van der Waals surface area contributed by atoms with Gasteiger partial charge in [-0.3, -0.25) is 4.68 Å². The maximum absolute atomic E-state index is 13.0. The summed E-state index contributed by atoms with van der Waals surface area (Å²) in [4.78, 5) is 6.94. The number of rotatable bonds is 3. The fraction of sp³-hybridized carbons (Fsp3) is 0.417. The highest BCUT2D eigenvalue weighted by atomic mass is 32.2. The van der Waals surface area contributed by atoms with Crippen LogP contribution in [0.1, 0.15) is 18.3 Å². The maximum Gasteiger partial charge on any atom is 0.433 e. The number of hydrogen-bond donors (Lipinski definition) is 0. The first-order valence-corrected chi connectivity index (χ1v) is 7.89. The average Bonchev–Trinajstić information content (AvgIpc) is 2.77. The average molecular weight is 334 g/mol. The number of aromatic nitrogens is 4. The summed E-state index contributed by atoms with van der Waals surface area (Å²) in [6.45, 7) is 2.96. The molecule has 10 heteroatoms. The molecule has 2 heterocycles. The molecular formula is C12H13F3N4O2S. The van der Waals surface area contributed by atoms with Gasteiger partial charge in [0, 0.05) is 18.3 Å². The van der Waals surface area contributed by atoms with Gasteiger partial charge in [0.2, 0.25) is 15.0 Å². The molecule has 2 aromatic heterocycles. The largest absolute Gasteiger partial charge is 0.433 e. The van der Waals surface area contributed by atoms with Crippen LogP contribution < -0.4 is 0 Å². The zero-order valence-corrected chi connectivity index (χ0v) is 12.8. The van der Waals surface area contributed by atoms with Crippen molar-refractivity contribution in [2.24, 2.45) is 7.05 Å². The summed E-state index contributed by atoms with van der Waals surface area (Å²) < 4.78 is 64.0. The maximum atomic E-state index is 13.0. The third-order valence-corrected chi connectivity index (χ3v) is 4.66. The monoisotopic (exact) mass is 334 g/mol. The Kier molecular flexibility index (Phi) is 3.98. The van der Waals surface area contributed by atoms with E-state index in [1.807, 2.05) is 0 Å². The highest BCUT2D eigenvalue weighted by molar-refractivity contribution is 7.91. The first-order valence-electron chi connectivity index (χ1n) is 6.24. The quantitative estimate of drug-likeness (QED) is 0.802. The van der Waals surface area contributed by atoms with Gasteiger partial charge in [-0.2, -0.15) is 18.3 Å². The fourth-order valence-corrected chi connectivity index (χ4v) is 2.46. The topological polar surface area (TPSA) is 77.7 Å². The molecule has 0 aliphatic heterocycles. The second-order valence-corrected chi connectivity index (χ2v) is 6.76. The van der Waals surface area contributed by atoms with Gasteiger partial charge in [0.25, 0.3) is 0 Å². The van der Waals surface area contributed by atoms with Gasteiger partial charge in [-0.25, -0.2) is 18.4 Å². The third-order valence-electron chi connectivity index (χ3n) is 3.17. The highest BCUT2D eigenvalue weighted by Gasteiger charge is 2.35. The molecular weight excluding hydrogens is 321 g/mol. The minimum atomic E-state index is -4.77. The van der Waals surface area contributed by atoms with Crippen LogP contribution in [-0.4, -0.2) is 33.9 Å². The number of alkyl halides is 3. The fourth-order valence-electron chi connectivity index (χ4n) is 1.73. The predicted octanol–water partition coefficient (Wildman–Crippen LogP) is 2.00. The number of halogens is 3. The van der Waals surface area contributed by atoms with Crippen molar-refractivity contribution in [3.63, 3.8) is 0 Å². The molecule has 0 aromatic carbocycles. The van der Waals surface area contributed by atoms with Gasteiger partial charge in [-0.1, -0.05) is 6.92 Å². The Morgan fingerprint density at radius 1 is 1.27 bits per heavy atom. The van der Waals surface area contributed by atoms with Crippen LogP contribution in [0.25, 0.3) is 11.3 Å². The number of hydrogen-bond acceptors (Lipinski definition) is 5. The van der Waals surface area contributed by atoms with Crippen LogP contribution in [0.2, 0.25) is 0 Å². The molecule has 0 fully saturated rings. The second-order valence-electron chi connectivity index (χ2n) is 4.59. The summed E-state index contributed by atoms with van der Waals surface area (Å²) in [5.41, 5.74) is -0.539. The van der Waals surface area contributed by atoms with Crippen LogP contribution in [-0.2, 0) is 23.1 Å². The van der Waals surface area contributed by atoms with Crippen molar-refractivity contribution in [1.82, 2.24) is 19.7 Å². The molecule has 0 atom stereocenters. The summed E-state index contributed by atoms with van der Waals surface area (Å²) >= 11 is 0. The molecule has 0 N–H and O–H groups in total. The third kappa shape index (κ3) is 2.96. The Balaban J connectivity index is 2.75. The Morgan fingerprint density at radius 3 is 2.36 bits per heavy atom. The lowest BCUT2D eigenvalue weighted by Gasteiger charge is -2.10. The van der Waals surface area contributed by atoms with Crippen LogP contribution in [0.4, 0.5) is 13.2 Å². The summed E-state index contributed by atoms with van der Waals surface area (Å²) in [5, 5.41) is 3.09. The van der Waals surface area contributed by atoms with Crippen LogP contribution in [0.3, 0.4) is 0 Å². The predicted molar refractivity (Wildman–Crippen MR) is 71.7 cm³/mol. The molecule has 0 amide bonds. The normalized spacial score (nSPS) is 12.6. The molecule has 22 heavy (non-hydrogen) atoms. The van der Waals surface area contributed by atoms with E-state index in [2.05, 4.69) is 15.1 Å². The smallest absolute Gasteiger partial charge is 0.272 e. The van der Waals surface area contributed by atoms with E-state index in [0.717, 1.165) is 6.07 Å². The van der Waals surface area contributed by atoms with Gasteiger partial charge in [0.1, 0.15) is 5.69 Å². The molecule has 0 aliphatic carbocycles. The van der Waals surface area contributed by atoms with E-state index in [1.54, 1.807) is 14.0 Å². The molecule has 0 saturated heterocycles. The van der Waals surface area contributed by atoms with Crippen LogP contribution in [0.5, 0.6) is 0 Å². The first-order chi connectivity index (χ1) is 10.1. The van der Waals surface area contributed by atoms with Crippen molar-refractivity contribution in [2.45, 2.75) is 25.2 Å². The molecule has 0 unspecified atom stereocenters. The van der Waals surface area contributed by atoms with Crippen molar-refractivity contribution in [1.29, 1.82) is 0 Å². The minimum Gasteiger partial charge on any atom is -0.272 e. The molecule has 2 aromatic rings. The van der Waals surface area contributed by atoms with Crippen LogP contribution in [0, 0.1) is 6.92 Å². The molecule has 0 spiro atoms. The lowest BCUT2D eigenvalue weighted by molar-refractivity contribution is -0.141. The molecule has 0 bridgehead atoms. The van der Waals surface area contributed by atoms with E-state index in [4.69, 9.17) is 0 Å². The summed E-state index contributed by atoms with van der Waals surface area (Å²) in [7, 11) is -2.35. The van der Waals surface area contributed by atoms with Crippen molar-refractivity contribution < 1.29 is 21.6 Å². The van der Waals surface area contributed by atoms with Crippen molar-refractivity contribution in [3.05, 3.63) is 23.7 Å². The van der Waals surface area contributed by atoms with Crippen molar-refractivity contribution >= 4 is 9.84 Å². The van der Waals surface area contributed by atoms with E-state index < -0.39 is 26.9 Å². The summed E-state index contributed by atoms with van der Waals surface area (Å²) in [5.74, 6) is -0.389. The molecule has 0 radical (unpaired) electrons. The van der Waals surface area contributed by atoms with Gasteiger partial charge in [0.15, 0.2) is 0 Å². The SMILES string of the molecule is CCS(=O)(=O)c1nc(-c2cnn(C)c2C)cc(C(F)(F)F)n1. The van der Waals surface area contributed by atoms with E-state index in [9.17, 15) is 21.6 Å². The molecule has 0 saturated carbocycles. The van der Waals surface area contributed by atoms with E-state index in [1.165, 1.54) is 17.8 Å². The minimum absolute atomic E-state index is 0.125. The number of aryl methyl sites for hydroxylation is 1. The molecule has 120 valence electrons. The van der Waals surface area contributed by atoms with E-state index >= 15 is 0 Å². The van der Waals surface area contributed by atoms with E-state index in [0.29, 0.717) is 11.3 Å². The zero-order chi connectivity index (χ0) is 16.7. The van der Waals surface area contributed by atoms with Gasteiger partial charge in [-0.05, 0) is 13.0 Å². The second kappa shape index (κ2) is 5.34. The van der Waals surface area contributed by atoms with Crippen LogP contribution in [0.15, 0.2) is 17.4 Å². The lowest BCUT2D eigenvalue weighted by Crippen LogP contribution is -2.16. The van der Waals surface area contributed by atoms with E-state index in [-0.39, 0.29) is 11.4 Å². The molecule has 6 nitrogen and oxygen atoms in total. The van der Waals surface area contributed by atoms with Gasteiger partial charge in [0.05, 0.1) is 17.6 Å². The van der Waals surface area contributed by atoms with Crippen molar-refractivity contribution in [3.8, 4) is 11.3 Å². The van der Waals surface area contributed by atoms with Gasteiger partial charge >= 0.3 is 6.18 Å². The lowest BCUT2D eigenvalue weighted by atomic mass is 10.1. The Bertz CT molecular complexity index is 812. The zero-order valence-electron chi connectivity index (χ0n) is 12.0. The number of sulfone groups is 1. The molecule has 0 aliphatic rings. The summed E-state index contributed by atoms with van der Waals surface area (Å²) in [6.07, 6.45) is -3.44. The first kappa shape index (κ1) is 16.4. The van der Waals surface area contributed by atoms with Crippen molar-refractivity contribution in [2.75, 3.05) is 5.75 Å². The molecule has 2 rings (SSSR count). The van der Waals surface area contributed by atoms with Gasteiger partial charge in [-0.15, -0.1) is 0 Å². The van der Waals surface area contributed by atoms with Gasteiger partial charge < -0.3 is 0 Å². The number of nitrogens with zero attached hydrogens (tertiary/aromatic N) is 4. The Hall–Kier alpha value is -1.97. The standard InChI is InChI=1S/C12H13F3N4O2S/c1-4-22(20,21)11-17-9(5-10(18-11)12(13,14)15)8-6-16-19(3)7(8)2/h5-6H,4H2,1-3H3. The summed E-state index contributed by atoms with van der Waals surface area (Å²) in [6, 6.07) is 0.721. The Morgan fingerprint density at radius 2 is 1.91 bits per heavy atom. The highest BCUT2D eigenvalue weighted by Crippen LogP contribution is 2.31.